The molecule has 0 radical (unpaired) electrons. The molecule has 1 amide bonds. The minimum atomic E-state index is -0.0871. The van der Waals surface area contributed by atoms with Crippen LogP contribution in [0.4, 0.5) is 0 Å². The zero-order valence-electron chi connectivity index (χ0n) is 14.4. The molecule has 2 heterocycles. The molecule has 4 rings (SSSR count). The summed E-state index contributed by atoms with van der Waals surface area (Å²) < 4.78 is 12.9. The van der Waals surface area contributed by atoms with E-state index in [1.54, 1.807) is 6.20 Å². The van der Waals surface area contributed by atoms with Crippen LogP contribution in [0.3, 0.4) is 0 Å². The van der Waals surface area contributed by atoms with Gasteiger partial charge in [-0.2, -0.15) is 5.10 Å². The molecule has 6 nitrogen and oxygen atoms in total. The number of nitrogens with one attached hydrogen (secondary N) is 1. The predicted molar refractivity (Wildman–Crippen MR) is 93.2 cm³/mol. The van der Waals surface area contributed by atoms with Crippen LogP contribution >= 0.6 is 0 Å². The molecular formula is C19H23N3O3. The predicted octanol–water partition coefficient (Wildman–Crippen LogP) is 2.20. The molecule has 1 aromatic heterocycles. The molecule has 1 saturated heterocycles. The number of amides is 1. The average molecular weight is 341 g/mol. The fraction of sp³-hybridized carbons (Fsp3) is 0.474. The summed E-state index contributed by atoms with van der Waals surface area (Å²) in [4.78, 5) is 12.7. The first kappa shape index (κ1) is 16.3. The number of hydrogen-bond donors (Lipinski definition) is 1. The number of ether oxygens (including phenoxy) is 2. The third-order valence-electron chi connectivity index (χ3n) is 4.73. The topological polar surface area (TPSA) is 65.4 Å². The van der Waals surface area contributed by atoms with E-state index >= 15 is 0 Å². The molecule has 132 valence electrons. The number of para-hydroxylation sites is 1. The first-order valence-corrected chi connectivity index (χ1v) is 8.85. The maximum absolute atomic E-state index is 12.7. The lowest BCUT2D eigenvalue weighted by Gasteiger charge is -2.23. The highest BCUT2D eigenvalue weighted by atomic mass is 16.6. The SMILES string of the molecule is Cc1ccccc1-n1ncc(C(=O)NC[C@H]2COCCO2)c1C1CC1. The first-order valence-electron chi connectivity index (χ1n) is 8.85. The van der Waals surface area contributed by atoms with E-state index in [4.69, 9.17) is 9.47 Å². The molecule has 0 spiro atoms. The van der Waals surface area contributed by atoms with Gasteiger partial charge in [0.25, 0.3) is 5.91 Å². The lowest BCUT2D eigenvalue weighted by atomic mass is 10.1. The molecule has 0 unspecified atom stereocenters. The Morgan fingerprint density at radius 2 is 2.16 bits per heavy atom. The van der Waals surface area contributed by atoms with Crippen LogP contribution in [0, 0.1) is 6.92 Å². The van der Waals surface area contributed by atoms with Gasteiger partial charge in [0.2, 0.25) is 0 Å². The zero-order chi connectivity index (χ0) is 17.2. The van der Waals surface area contributed by atoms with Crippen molar-refractivity contribution in [3.05, 3.63) is 47.3 Å². The van der Waals surface area contributed by atoms with Gasteiger partial charge >= 0.3 is 0 Å². The van der Waals surface area contributed by atoms with E-state index < -0.39 is 0 Å². The second-order valence-electron chi connectivity index (χ2n) is 6.69. The first-order chi connectivity index (χ1) is 12.2. The summed E-state index contributed by atoms with van der Waals surface area (Å²) in [6, 6.07) is 8.12. The van der Waals surface area contributed by atoms with Gasteiger partial charge in [0.1, 0.15) is 0 Å². The minimum Gasteiger partial charge on any atom is -0.376 e. The van der Waals surface area contributed by atoms with Gasteiger partial charge in [0.05, 0.1) is 49.1 Å². The van der Waals surface area contributed by atoms with Crippen molar-refractivity contribution in [3.63, 3.8) is 0 Å². The van der Waals surface area contributed by atoms with Crippen molar-refractivity contribution in [2.45, 2.75) is 31.8 Å². The third-order valence-corrected chi connectivity index (χ3v) is 4.73. The highest BCUT2D eigenvalue weighted by Crippen LogP contribution is 2.42. The van der Waals surface area contributed by atoms with Crippen LogP contribution in [0.5, 0.6) is 0 Å². The molecule has 1 atom stereocenters. The van der Waals surface area contributed by atoms with Gasteiger partial charge in [0, 0.05) is 12.5 Å². The lowest BCUT2D eigenvalue weighted by Crippen LogP contribution is -2.39. The highest BCUT2D eigenvalue weighted by molar-refractivity contribution is 5.95. The minimum absolute atomic E-state index is 0.0755. The number of aryl methyl sites for hydroxylation is 1. The molecule has 25 heavy (non-hydrogen) atoms. The molecule has 1 aromatic carbocycles. The molecule has 6 heteroatoms. The summed E-state index contributed by atoms with van der Waals surface area (Å²) in [6.07, 6.45) is 3.83. The molecule has 1 aliphatic carbocycles. The van der Waals surface area contributed by atoms with Gasteiger partial charge in [-0.15, -0.1) is 0 Å². The Hall–Kier alpha value is -2.18. The van der Waals surface area contributed by atoms with Crippen LogP contribution in [0.2, 0.25) is 0 Å². The van der Waals surface area contributed by atoms with Gasteiger partial charge in [-0.1, -0.05) is 18.2 Å². The van der Waals surface area contributed by atoms with Gasteiger partial charge in [0.15, 0.2) is 0 Å². The molecule has 1 saturated carbocycles. The van der Waals surface area contributed by atoms with Gasteiger partial charge in [-0.25, -0.2) is 4.68 Å². The van der Waals surface area contributed by atoms with Crippen molar-refractivity contribution in [2.24, 2.45) is 0 Å². The fourth-order valence-electron chi connectivity index (χ4n) is 3.23. The van der Waals surface area contributed by atoms with E-state index in [9.17, 15) is 4.79 Å². The van der Waals surface area contributed by atoms with Gasteiger partial charge in [-0.05, 0) is 31.4 Å². The maximum atomic E-state index is 12.7. The van der Waals surface area contributed by atoms with Crippen molar-refractivity contribution in [1.29, 1.82) is 0 Å². The number of aromatic nitrogens is 2. The van der Waals surface area contributed by atoms with E-state index in [0.29, 0.717) is 37.8 Å². The van der Waals surface area contributed by atoms with Crippen LogP contribution in [0.25, 0.3) is 5.69 Å². The standard InChI is InChI=1S/C19H23N3O3/c1-13-4-2-3-5-17(13)22-18(14-6-7-14)16(11-21-22)19(23)20-10-15-12-24-8-9-25-15/h2-5,11,14-15H,6-10,12H2,1H3,(H,20,23)/t15-/m0/s1. The largest absolute Gasteiger partial charge is 0.376 e. The van der Waals surface area contributed by atoms with Crippen LogP contribution in [0.1, 0.15) is 40.4 Å². The number of nitrogens with zero attached hydrogens (tertiary/aromatic N) is 2. The van der Waals surface area contributed by atoms with E-state index in [1.165, 1.54) is 0 Å². The Labute approximate surface area is 147 Å². The quantitative estimate of drug-likeness (QED) is 0.905. The molecule has 0 bridgehead atoms. The van der Waals surface area contributed by atoms with E-state index in [-0.39, 0.29) is 12.0 Å². The smallest absolute Gasteiger partial charge is 0.254 e. The number of benzene rings is 1. The van der Waals surface area contributed by atoms with Gasteiger partial charge < -0.3 is 14.8 Å². The summed E-state index contributed by atoms with van der Waals surface area (Å²) in [5.74, 6) is 0.327. The summed E-state index contributed by atoms with van der Waals surface area (Å²) in [6.45, 7) is 4.25. The summed E-state index contributed by atoms with van der Waals surface area (Å²) in [5, 5.41) is 7.50. The number of hydrogen-bond acceptors (Lipinski definition) is 4. The monoisotopic (exact) mass is 341 g/mol. The molecule has 2 fully saturated rings. The molecule has 1 aliphatic heterocycles. The summed E-state index contributed by atoms with van der Waals surface area (Å²) in [5.41, 5.74) is 3.87. The zero-order valence-corrected chi connectivity index (χ0v) is 14.4. The molecule has 2 aromatic rings. The van der Waals surface area contributed by atoms with Crippen molar-refractivity contribution < 1.29 is 14.3 Å². The third kappa shape index (κ3) is 3.45. The van der Waals surface area contributed by atoms with E-state index in [0.717, 1.165) is 29.8 Å². The number of carbonyl (C=O) groups excluding carboxylic acids is 1. The van der Waals surface area contributed by atoms with Crippen LogP contribution in [-0.2, 0) is 9.47 Å². The van der Waals surface area contributed by atoms with Crippen molar-refractivity contribution in [2.75, 3.05) is 26.4 Å². The Bertz CT molecular complexity index is 761. The number of carbonyl (C=O) groups is 1. The Morgan fingerprint density at radius 3 is 2.88 bits per heavy atom. The van der Waals surface area contributed by atoms with Crippen molar-refractivity contribution in [3.8, 4) is 5.69 Å². The second-order valence-corrected chi connectivity index (χ2v) is 6.69. The molecule has 2 aliphatic rings. The second kappa shape index (κ2) is 6.98. The van der Waals surface area contributed by atoms with Crippen molar-refractivity contribution >= 4 is 5.91 Å². The normalized spacial score (nSPS) is 20.4. The Kier molecular flexibility index (Phi) is 4.55. The number of rotatable bonds is 5. The fourth-order valence-corrected chi connectivity index (χ4v) is 3.23. The molecular weight excluding hydrogens is 318 g/mol. The van der Waals surface area contributed by atoms with Gasteiger partial charge in [-0.3, -0.25) is 4.79 Å². The summed E-state index contributed by atoms with van der Waals surface area (Å²) >= 11 is 0. The lowest BCUT2D eigenvalue weighted by molar-refractivity contribution is -0.0855. The van der Waals surface area contributed by atoms with Crippen LogP contribution < -0.4 is 5.32 Å². The Balaban J connectivity index is 1.55. The van der Waals surface area contributed by atoms with Crippen LogP contribution in [-0.4, -0.2) is 48.2 Å². The van der Waals surface area contributed by atoms with Crippen LogP contribution in [0.15, 0.2) is 30.5 Å². The average Bonchev–Trinajstić information content (AvgIpc) is 3.39. The summed E-state index contributed by atoms with van der Waals surface area (Å²) in [7, 11) is 0. The molecule has 1 N–H and O–H groups in total. The maximum Gasteiger partial charge on any atom is 0.254 e. The van der Waals surface area contributed by atoms with E-state index in [2.05, 4.69) is 23.4 Å². The Morgan fingerprint density at radius 1 is 1.32 bits per heavy atom. The van der Waals surface area contributed by atoms with Crippen molar-refractivity contribution in [1.82, 2.24) is 15.1 Å². The van der Waals surface area contributed by atoms with E-state index in [1.807, 2.05) is 22.9 Å². The highest BCUT2D eigenvalue weighted by Gasteiger charge is 2.33.